The summed E-state index contributed by atoms with van der Waals surface area (Å²) >= 11 is 0. The zero-order chi connectivity index (χ0) is 14.8. The number of imide groups is 1. The van der Waals surface area contributed by atoms with Crippen LogP contribution in [0, 0.1) is 0 Å². The number of piperidine rings is 1. The largest absolute Gasteiger partial charge is 0.346 e. The first-order valence-corrected chi connectivity index (χ1v) is 6.35. The van der Waals surface area contributed by atoms with Gasteiger partial charge in [0, 0.05) is 6.54 Å². The molecule has 9 nitrogen and oxygen atoms in total. The van der Waals surface area contributed by atoms with Gasteiger partial charge in [-0.3, -0.25) is 19.7 Å². The van der Waals surface area contributed by atoms with Crippen LogP contribution in [0.25, 0.3) is 0 Å². The summed E-state index contributed by atoms with van der Waals surface area (Å²) in [7, 11) is 0. The lowest BCUT2D eigenvalue weighted by molar-refractivity contribution is -0.137. The van der Waals surface area contributed by atoms with Crippen molar-refractivity contribution in [2.45, 2.75) is 18.4 Å². The highest BCUT2D eigenvalue weighted by atomic mass is 16.2. The van der Waals surface area contributed by atoms with Gasteiger partial charge in [0.25, 0.3) is 5.91 Å². The van der Waals surface area contributed by atoms with Gasteiger partial charge >= 0.3 is 6.03 Å². The van der Waals surface area contributed by atoms with Gasteiger partial charge in [0.05, 0.1) is 19.6 Å². The van der Waals surface area contributed by atoms with Crippen LogP contribution in [0.3, 0.4) is 0 Å². The number of likely N-dealkylation sites (tertiary alicyclic amines) is 1. The molecule has 5 amide bonds. The van der Waals surface area contributed by atoms with E-state index in [2.05, 4.69) is 16.0 Å². The summed E-state index contributed by atoms with van der Waals surface area (Å²) in [6.45, 7) is 0.251. The van der Waals surface area contributed by atoms with Gasteiger partial charge in [0.2, 0.25) is 11.8 Å². The van der Waals surface area contributed by atoms with E-state index in [0.717, 1.165) is 0 Å². The average molecular weight is 283 g/mol. The van der Waals surface area contributed by atoms with Crippen LogP contribution in [0.4, 0.5) is 4.79 Å². The summed E-state index contributed by atoms with van der Waals surface area (Å²) in [6.07, 6.45) is 1.09. The molecule has 1 atom stereocenters. The number of hydrogen-bond donors (Lipinski definition) is 4. The molecule has 0 saturated carbocycles. The molecule has 0 aliphatic carbocycles. The molecule has 1 spiro atoms. The van der Waals surface area contributed by atoms with Gasteiger partial charge in [-0.2, -0.15) is 0 Å². The quantitative estimate of drug-likeness (QED) is 0.417. The lowest BCUT2D eigenvalue weighted by Crippen LogP contribution is -2.60. The highest BCUT2D eigenvalue weighted by Gasteiger charge is 2.49. The highest BCUT2D eigenvalue weighted by molar-refractivity contribution is 6.07. The molecule has 110 valence electrons. The Hall–Kier alpha value is -2.16. The van der Waals surface area contributed by atoms with E-state index in [9.17, 15) is 19.2 Å². The van der Waals surface area contributed by atoms with Crippen molar-refractivity contribution in [2.75, 3.05) is 26.2 Å². The van der Waals surface area contributed by atoms with E-state index in [0.29, 0.717) is 19.4 Å². The maximum absolute atomic E-state index is 12.0. The molecular formula is C11H17N5O4. The molecule has 9 heteroatoms. The predicted molar refractivity (Wildman–Crippen MR) is 67.3 cm³/mol. The van der Waals surface area contributed by atoms with Gasteiger partial charge in [-0.15, -0.1) is 0 Å². The third-order valence-corrected chi connectivity index (χ3v) is 3.48. The summed E-state index contributed by atoms with van der Waals surface area (Å²) < 4.78 is 0. The van der Waals surface area contributed by atoms with Crippen molar-refractivity contribution in [3.05, 3.63) is 0 Å². The molecule has 0 aromatic carbocycles. The van der Waals surface area contributed by atoms with Crippen molar-refractivity contribution in [3.8, 4) is 0 Å². The molecule has 0 aromatic rings. The minimum Gasteiger partial charge on any atom is -0.346 e. The molecule has 5 N–H and O–H groups in total. The summed E-state index contributed by atoms with van der Waals surface area (Å²) in [5.41, 5.74) is 4.09. The van der Waals surface area contributed by atoms with Crippen molar-refractivity contribution in [1.29, 1.82) is 0 Å². The Morgan fingerprint density at radius 3 is 2.75 bits per heavy atom. The number of nitrogens with two attached hydrogens (primary N) is 1. The number of rotatable bonds is 3. The van der Waals surface area contributed by atoms with E-state index in [-0.39, 0.29) is 25.5 Å². The number of hydrogen-bond acceptors (Lipinski definition) is 5. The van der Waals surface area contributed by atoms with Crippen LogP contribution in [0.15, 0.2) is 0 Å². The minimum atomic E-state index is -1.04. The second kappa shape index (κ2) is 5.45. The van der Waals surface area contributed by atoms with Crippen molar-refractivity contribution in [2.24, 2.45) is 5.73 Å². The summed E-state index contributed by atoms with van der Waals surface area (Å²) in [5, 5.41) is 7.15. The van der Waals surface area contributed by atoms with Crippen LogP contribution in [-0.2, 0) is 14.4 Å². The highest BCUT2D eigenvalue weighted by Crippen LogP contribution is 2.24. The summed E-state index contributed by atoms with van der Waals surface area (Å²) in [6, 6.07) is -0.541. The van der Waals surface area contributed by atoms with Crippen molar-refractivity contribution in [1.82, 2.24) is 20.9 Å². The molecule has 1 unspecified atom stereocenters. The molecule has 0 aromatic heterocycles. The maximum atomic E-state index is 12.0. The summed E-state index contributed by atoms with van der Waals surface area (Å²) in [4.78, 5) is 47.5. The molecule has 0 bridgehead atoms. The van der Waals surface area contributed by atoms with E-state index in [1.165, 1.54) is 4.90 Å². The van der Waals surface area contributed by atoms with E-state index < -0.39 is 23.4 Å². The van der Waals surface area contributed by atoms with Crippen LogP contribution in [0.2, 0.25) is 0 Å². The van der Waals surface area contributed by atoms with E-state index >= 15 is 0 Å². The Kier molecular flexibility index (Phi) is 3.89. The zero-order valence-electron chi connectivity index (χ0n) is 10.9. The van der Waals surface area contributed by atoms with Crippen LogP contribution < -0.4 is 21.7 Å². The summed E-state index contributed by atoms with van der Waals surface area (Å²) in [5.74, 6) is -1.14. The van der Waals surface area contributed by atoms with Crippen molar-refractivity contribution in [3.63, 3.8) is 0 Å². The number of nitrogens with one attached hydrogen (secondary N) is 3. The fourth-order valence-corrected chi connectivity index (χ4v) is 2.44. The number of amides is 5. The second-order valence-corrected chi connectivity index (χ2v) is 4.89. The molecule has 2 fully saturated rings. The lowest BCUT2D eigenvalue weighted by atomic mass is 9.89. The molecule has 0 radical (unpaired) electrons. The Bertz CT molecular complexity index is 466. The molecule has 2 aliphatic rings. The molecular weight excluding hydrogens is 266 g/mol. The third-order valence-electron chi connectivity index (χ3n) is 3.48. The van der Waals surface area contributed by atoms with Gasteiger partial charge in [-0.05, 0) is 12.8 Å². The number of nitrogens with zero attached hydrogens (tertiary/aromatic N) is 1. The molecule has 20 heavy (non-hydrogen) atoms. The van der Waals surface area contributed by atoms with Crippen LogP contribution in [0.1, 0.15) is 12.8 Å². The van der Waals surface area contributed by atoms with Gasteiger partial charge in [-0.25, -0.2) is 4.79 Å². The van der Waals surface area contributed by atoms with Crippen LogP contribution >= 0.6 is 0 Å². The van der Waals surface area contributed by atoms with Gasteiger partial charge in [-0.1, -0.05) is 0 Å². The van der Waals surface area contributed by atoms with E-state index in [1.54, 1.807) is 0 Å². The number of urea groups is 1. The predicted octanol–water partition coefficient (Wildman–Crippen LogP) is -2.74. The fourth-order valence-electron chi connectivity index (χ4n) is 2.44. The smallest absolute Gasteiger partial charge is 0.322 e. The molecule has 2 saturated heterocycles. The number of carbonyl (C=O) groups excluding carboxylic acids is 4. The van der Waals surface area contributed by atoms with Gasteiger partial charge in [0.1, 0.15) is 5.54 Å². The molecule has 2 rings (SSSR count). The first-order chi connectivity index (χ1) is 9.47. The second-order valence-electron chi connectivity index (χ2n) is 4.89. The first kappa shape index (κ1) is 14.3. The Labute approximate surface area is 115 Å². The van der Waals surface area contributed by atoms with Gasteiger partial charge < -0.3 is 21.3 Å². The first-order valence-electron chi connectivity index (χ1n) is 6.35. The molecule has 2 aliphatic heterocycles. The fraction of sp³-hybridized carbons (Fsp3) is 0.636. The Morgan fingerprint density at radius 1 is 1.40 bits per heavy atom. The lowest BCUT2D eigenvalue weighted by Gasteiger charge is -2.38. The van der Waals surface area contributed by atoms with Crippen molar-refractivity contribution >= 4 is 23.8 Å². The Morgan fingerprint density at radius 2 is 2.15 bits per heavy atom. The van der Waals surface area contributed by atoms with Gasteiger partial charge in [0.15, 0.2) is 0 Å². The minimum absolute atomic E-state index is 0.113. The van der Waals surface area contributed by atoms with E-state index in [1.807, 2.05) is 0 Å². The van der Waals surface area contributed by atoms with Crippen LogP contribution in [-0.4, -0.2) is 60.4 Å². The Balaban J connectivity index is 1.97. The average Bonchev–Trinajstić information content (AvgIpc) is 2.69. The standard InChI is InChI=1S/C11H17N5O4/c12-4-7(17)13-5-8(18)16-3-1-2-11(6-16)9(19)14-10(20)15-11/h1-6,12H2,(H,13,17)(H2,14,15,19,20). The topological polar surface area (TPSA) is 134 Å². The maximum Gasteiger partial charge on any atom is 0.322 e. The normalized spacial score (nSPS) is 25.4. The third kappa shape index (κ3) is 2.72. The van der Waals surface area contributed by atoms with E-state index in [4.69, 9.17) is 5.73 Å². The molecule has 2 heterocycles. The number of carbonyl (C=O) groups is 4. The monoisotopic (exact) mass is 283 g/mol. The van der Waals surface area contributed by atoms with Crippen molar-refractivity contribution < 1.29 is 19.2 Å². The zero-order valence-corrected chi connectivity index (χ0v) is 10.9. The van der Waals surface area contributed by atoms with Crippen LogP contribution in [0.5, 0.6) is 0 Å². The SMILES string of the molecule is NCC(=O)NCC(=O)N1CCCC2(C1)NC(=O)NC2=O.